The van der Waals surface area contributed by atoms with E-state index in [9.17, 15) is 0 Å². The number of benzene rings is 21. The molecular formula is C120H76N4O2. The van der Waals surface area contributed by atoms with Gasteiger partial charge < -0.3 is 27.8 Å². The molecular weight excluding hydrogens is 1530 g/mol. The average molecular weight is 1610 g/mol. The highest BCUT2D eigenvalue weighted by atomic mass is 16.3. The van der Waals surface area contributed by atoms with Gasteiger partial charge in [0.25, 0.3) is 0 Å². The molecule has 0 aliphatic rings. The zero-order valence-corrected chi connectivity index (χ0v) is 68.5. The Bertz CT molecular complexity index is 8610. The summed E-state index contributed by atoms with van der Waals surface area (Å²) in [6, 6.07) is 168. The van der Waals surface area contributed by atoms with Crippen molar-refractivity contribution in [3.05, 3.63) is 461 Å². The van der Waals surface area contributed by atoms with Crippen molar-refractivity contribution in [2.45, 2.75) is 0 Å². The fraction of sp³-hybridized carbons (Fsp3) is 0. The Kier molecular flexibility index (Phi) is 16.9. The Morgan fingerprint density at radius 2 is 0.540 bits per heavy atom. The molecule has 126 heavy (non-hydrogen) atoms. The molecule has 25 rings (SSSR count). The van der Waals surface area contributed by atoms with E-state index in [0.717, 1.165) is 189 Å². The number of rotatable bonds is 15. The molecule has 0 saturated heterocycles. The summed E-state index contributed by atoms with van der Waals surface area (Å²) in [5.74, 6) is 0. The number of nitrogens with zero attached hydrogens (tertiary/aromatic N) is 4. The molecule has 0 atom stereocenters. The average Bonchev–Trinajstić information content (AvgIpc) is 1.57. The van der Waals surface area contributed by atoms with E-state index in [4.69, 9.17) is 8.83 Å². The molecule has 4 heterocycles. The van der Waals surface area contributed by atoms with E-state index in [1.54, 1.807) is 0 Å². The molecule has 0 fully saturated rings. The molecule has 0 radical (unpaired) electrons. The van der Waals surface area contributed by atoms with Gasteiger partial charge in [-0.25, -0.2) is 0 Å². The first-order chi connectivity index (χ1) is 62.5. The molecule has 0 spiro atoms. The van der Waals surface area contributed by atoms with E-state index in [0.29, 0.717) is 0 Å². The molecule has 4 aromatic heterocycles. The van der Waals surface area contributed by atoms with Crippen molar-refractivity contribution in [1.29, 1.82) is 0 Å². The first-order valence-electron chi connectivity index (χ1n) is 43.2. The van der Waals surface area contributed by atoms with Crippen molar-refractivity contribution in [3.8, 4) is 89.3 Å². The van der Waals surface area contributed by atoms with Crippen LogP contribution in [0.25, 0.3) is 209 Å². The number of furan rings is 2. The summed E-state index contributed by atoms with van der Waals surface area (Å²) in [6.45, 7) is 0. The standard InChI is InChI=1S/C120H76N4O2/c1-2-23-80(24-3-1)99-37-8-12-45-110(99)122(94-33-19-31-89(74-94)101-44-21-49-115-117(101)106-68-59-81-26-5-7-38-102(81)119(106)125-115)92-64-55-78(56-65-92)85-29-17-35-96(72-85)124-113-48-15-11-41-105(113)109-76-87(61-70-114(109)124)86-52-51-83-60-69-107-118-100(43-22-50-116(118)126-120(107)108(83)75-86)88-30-18-32-93(73-88)121(91-66-57-82(58-67-91)98-42-20-27-79-25-4-6-36-97(79)98)90-62-53-77(54-63-90)84-28-16-34-95(71-84)123-111-46-13-9-39-103(111)104-40-10-14-47-112(104)123/h1-76H. The van der Waals surface area contributed by atoms with E-state index >= 15 is 0 Å². The summed E-state index contributed by atoms with van der Waals surface area (Å²) in [7, 11) is 0. The Labute approximate surface area is 727 Å². The van der Waals surface area contributed by atoms with Gasteiger partial charge in [0.05, 0.1) is 27.8 Å². The molecule has 21 aromatic carbocycles. The highest BCUT2D eigenvalue weighted by Crippen LogP contribution is 2.49. The molecule has 0 unspecified atom stereocenters. The minimum absolute atomic E-state index is 0.841. The summed E-state index contributed by atoms with van der Waals surface area (Å²) in [5.41, 5.74) is 32.5. The monoisotopic (exact) mass is 1600 g/mol. The second-order valence-electron chi connectivity index (χ2n) is 33.0. The van der Waals surface area contributed by atoms with Crippen LogP contribution in [-0.2, 0) is 0 Å². The van der Waals surface area contributed by atoms with Gasteiger partial charge in [0.2, 0.25) is 0 Å². The quantitative estimate of drug-likeness (QED) is 0.103. The van der Waals surface area contributed by atoms with E-state index in [-0.39, 0.29) is 0 Å². The Morgan fingerprint density at radius 3 is 1.13 bits per heavy atom. The number of aromatic nitrogens is 2. The van der Waals surface area contributed by atoms with E-state index in [1.807, 2.05) is 0 Å². The molecule has 0 aliphatic heterocycles. The minimum atomic E-state index is 0.841. The lowest BCUT2D eigenvalue weighted by Crippen LogP contribution is -2.11. The Morgan fingerprint density at radius 1 is 0.175 bits per heavy atom. The largest absolute Gasteiger partial charge is 0.455 e. The predicted molar refractivity (Wildman–Crippen MR) is 530 cm³/mol. The third kappa shape index (κ3) is 12.0. The first kappa shape index (κ1) is 72.1. The van der Waals surface area contributed by atoms with Gasteiger partial charge >= 0.3 is 0 Å². The lowest BCUT2D eigenvalue weighted by atomic mass is 9.96. The second kappa shape index (κ2) is 29.5. The van der Waals surface area contributed by atoms with Gasteiger partial charge in [-0.15, -0.1) is 0 Å². The molecule has 0 amide bonds. The van der Waals surface area contributed by atoms with Crippen LogP contribution in [0.3, 0.4) is 0 Å². The van der Waals surface area contributed by atoms with Crippen LogP contribution < -0.4 is 9.80 Å². The van der Waals surface area contributed by atoms with Gasteiger partial charge in [-0.3, -0.25) is 0 Å². The van der Waals surface area contributed by atoms with Gasteiger partial charge in [-0.2, -0.15) is 0 Å². The van der Waals surface area contributed by atoms with Crippen LogP contribution in [0.15, 0.2) is 470 Å². The Balaban J connectivity index is 0.542. The van der Waals surface area contributed by atoms with Crippen molar-refractivity contribution in [3.63, 3.8) is 0 Å². The number of fused-ring (bicyclic) bond motifs is 17. The molecule has 25 aromatic rings. The second-order valence-corrected chi connectivity index (χ2v) is 33.0. The zero-order valence-electron chi connectivity index (χ0n) is 68.5. The smallest absolute Gasteiger partial charge is 0.143 e. The van der Waals surface area contributed by atoms with Gasteiger partial charge in [0.1, 0.15) is 22.3 Å². The number of hydrogen-bond acceptors (Lipinski definition) is 4. The van der Waals surface area contributed by atoms with Crippen LogP contribution in [0.2, 0.25) is 0 Å². The minimum Gasteiger partial charge on any atom is -0.455 e. The highest BCUT2D eigenvalue weighted by molar-refractivity contribution is 6.22. The molecule has 0 bridgehead atoms. The maximum absolute atomic E-state index is 7.14. The lowest BCUT2D eigenvalue weighted by molar-refractivity contribution is 0.672. The molecule has 6 nitrogen and oxygen atoms in total. The SMILES string of the molecule is c1ccc(-c2ccccc2N(c2ccc(-c3cccc(-n4c5ccccc5c5cc(-c6ccc7ccc8c(oc9cccc(-c%10cccc(N(c%11ccc(-c%12cccc(-n%13c%14ccccc%14c%14ccccc%14%13)c%12)cc%11)c%11ccc(-c%12cccc%13ccccc%12%13)cc%11)c%10)c98)c7c6)ccc54)c3)cc2)c2cccc(-c3cccc4oc5c6ccccc6ccc5c34)c2)cc1. The van der Waals surface area contributed by atoms with Gasteiger partial charge in [0.15, 0.2) is 0 Å². The summed E-state index contributed by atoms with van der Waals surface area (Å²) in [4.78, 5) is 4.80. The topological polar surface area (TPSA) is 42.6 Å². The van der Waals surface area contributed by atoms with Crippen molar-refractivity contribution in [1.82, 2.24) is 9.13 Å². The first-order valence-corrected chi connectivity index (χ1v) is 43.2. The Hall–Kier alpha value is -16.8. The fourth-order valence-corrected chi connectivity index (χ4v) is 20.0. The summed E-state index contributed by atoms with van der Waals surface area (Å²) < 4.78 is 18.7. The third-order valence-electron chi connectivity index (χ3n) is 25.9. The molecule has 0 saturated carbocycles. The molecule has 0 N–H and O–H groups in total. The van der Waals surface area contributed by atoms with Crippen molar-refractivity contribution in [2.24, 2.45) is 0 Å². The lowest BCUT2D eigenvalue weighted by Gasteiger charge is -2.28. The fourth-order valence-electron chi connectivity index (χ4n) is 20.0. The van der Waals surface area contributed by atoms with E-state index < -0.39 is 0 Å². The van der Waals surface area contributed by atoms with Crippen LogP contribution in [-0.4, -0.2) is 9.13 Å². The van der Waals surface area contributed by atoms with Crippen LogP contribution in [0, 0.1) is 0 Å². The number of para-hydroxylation sites is 4. The normalized spacial score (nSPS) is 11.8. The van der Waals surface area contributed by atoms with Crippen molar-refractivity contribution < 1.29 is 8.83 Å². The maximum atomic E-state index is 7.14. The maximum Gasteiger partial charge on any atom is 0.143 e. The summed E-state index contributed by atoms with van der Waals surface area (Å²) in [5, 5.41) is 16.1. The third-order valence-corrected chi connectivity index (χ3v) is 25.9. The highest BCUT2D eigenvalue weighted by Gasteiger charge is 2.25. The van der Waals surface area contributed by atoms with Crippen LogP contribution in [0.5, 0.6) is 0 Å². The summed E-state index contributed by atoms with van der Waals surface area (Å²) >= 11 is 0. The van der Waals surface area contributed by atoms with Crippen molar-refractivity contribution >= 4 is 154 Å². The van der Waals surface area contributed by atoms with Crippen LogP contribution in [0.1, 0.15) is 0 Å². The molecule has 6 heteroatoms. The van der Waals surface area contributed by atoms with Gasteiger partial charge in [0, 0.05) is 99.2 Å². The van der Waals surface area contributed by atoms with Gasteiger partial charge in [-0.05, 0) is 246 Å². The van der Waals surface area contributed by atoms with E-state index in [1.165, 1.54) is 54.5 Å². The van der Waals surface area contributed by atoms with Crippen LogP contribution >= 0.6 is 0 Å². The summed E-state index contributed by atoms with van der Waals surface area (Å²) in [6.07, 6.45) is 0. The number of hydrogen-bond donors (Lipinski definition) is 0. The van der Waals surface area contributed by atoms with Crippen LogP contribution in [0.4, 0.5) is 34.1 Å². The molecule has 588 valence electrons. The predicted octanol–water partition coefficient (Wildman–Crippen LogP) is 33.7. The van der Waals surface area contributed by atoms with Gasteiger partial charge in [-0.1, -0.05) is 309 Å². The molecule has 0 aliphatic carbocycles. The van der Waals surface area contributed by atoms with Crippen molar-refractivity contribution in [2.75, 3.05) is 9.80 Å². The zero-order chi connectivity index (χ0) is 82.9. The number of anilines is 6. The van der Waals surface area contributed by atoms with E-state index in [2.05, 4.69) is 480 Å².